The van der Waals surface area contributed by atoms with E-state index in [0.717, 1.165) is 35.6 Å². The molecule has 0 saturated heterocycles. The van der Waals surface area contributed by atoms with Gasteiger partial charge in [0.15, 0.2) is 0 Å². The van der Waals surface area contributed by atoms with Crippen molar-refractivity contribution in [3.63, 3.8) is 0 Å². The summed E-state index contributed by atoms with van der Waals surface area (Å²) in [7, 11) is 0. The molecule has 1 heterocycles. The van der Waals surface area contributed by atoms with Crippen molar-refractivity contribution in [2.45, 2.75) is 19.3 Å². The van der Waals surface area contributed by atoms with Crippen molar-refractivity contribution < 1.29 is 9.90 Å². The molecule has 0 saturated carbocycles. The minimum atomic E-state index is -0.0730. The molecular formula is C14H13NO2. The Labute approximate surface area is 98.8 Å². The van der Waals surface area contributed by atoms with Crippen molar-refractivity contribution in [1.82, 2.24) is 4.98 Å². The largest absolute Gasteiger partial charge is 0.515 e. The summed E-state index contributed by atoms with van der Waals surface area (Å²) in [5.74, 6) is -0.0730. The summed E-state index contributed by atoms with van der Waals surface area (Å²) in [6.45, 7) is 0. The zero-order chi connectivity index (χ0) is 11.8. The van der Waals surface area contributed by atoms with Gasteiger partial charge in [0.25, 0.3) is 0 Å². The third kappa shape index (κ3) is 1.46. The van der Waals surface area contributed by atoms with Gasteiger partial charge in [-0.1, -0.05) is 18.2 Å². The number of nitrogens with one attached hydrogen (secondary N) is 1. The molecule has 0 radical (unpaired) electrons. The van der Waals surface area contributed by atoms with Gasteiger partial charge >= 0.3 is 0 Å². The summed E-state index contributed by atoms with van der Waals surface area (Å²) in [6, 6.07) is 7.94. The quantitative estimate of drug-likeness (QED) is 0.412. The van der Waals surface area contributed by atoms with Crippen molar-refractivity contribution in [2.24, 2.45) is 0 Å². The maximum atomic E-state index is 12.2. The van der Waals surface area contributed by atoms with Gasteiger partial charge in [0.1, 0.15) is 0 Å². The molecule has 3 nitrogen and oxygen atoms in total. The molecule has 1 aromatic heterocycles. The highest BCUT2D eigenvalue weighted by molar-refractivity contribution is 6.11. The number of hydrogen-bond donors (Lipinski definition) is 2. The van der Waals surface area contributed by atoms with Crippen LogP contribution in [-0.2, 0) is 6.42 Å². The number of aromatic amines is 1. The fourth-order valence-electron chi connectivity index (χ4n) is 2.51. The van der Waals surface area contributed by atoms with Crippen LogP contribution in [-0.4, -0.2) is 15.9 Å². The lowest BCUT2D eigenvalue weighted by Gasteiger charge is -1.98. The first-order valence-electron chi connectivity index (χ1n) is 5.79. The minimum Gasteiger partial charge on any atom is -0.515 e. The Hall–Kier alpha value is -2.03. The highest BCUT2D eigenvalue weighted by atomic mass is 16.2. The fraction of sp³-hybridized carbons (Fsp3) is 0.214. The van der Waals surface area contributed by atoms with Crippen molar-refractivity contribution >= 4 is 16.7 Å². The predicted octanol–water partition coefficient (Wildman–Crippen LogP) is 3.13. The van der Waals surface area contributed by atoms with Crippen LogP contribution in [0.25, 0.3) is 10.9 Å². The number of carbonyl (C=O) groups is 1. The standard InChI is InChI=1S/C14H13NO2/c16-8-9-4-3-6-11-10-5-1-2-7-12(10)15-13(11)14(9)17/h1-2,5,7-8,15-16H,3-4,6H2/b9-8+. The predicted molar refractivity (Wildman–Crippen MR) is 66.3 cm³/mol. The van der Waals surface area contributed by atoms with Crippen LogP contribution in [0.5, 0.6) is 0 Å². The molecule has 3 heteroatoms. The Kier molecular flexibility index (Phi) is 2.25. The first-order valence-corrected chi connectivity index (χ1v) is 5.79. The normalized spacial score (nSPS) is 18.4. The molecule has 3 rings (SSSR count). The monoisotopic (exact) mass is 227 g/mol. The number of hydrogen-bond acceptors (Lipinski definition) is 2. The van der Waals surface area contributed by atoms with Crippen LogP contribution in [0.2, 0.25) is 0 Å². The number of aliphatic hydroxyl groups excluding tert-OH is 1. The molecule has 2 aromatic rings. The molecule has 0 amide bonds. The number of rotatable bonds is 0. The number of aliphatic hydroxyl groups is 1. The average Bonchev–Trinajstić information content (AvgIpc) is 2.65. The van der Waals surface area contributed by atoms with Crippen LogP contribution in [0.1, 0.15) is 28.9 Å². The summed E-state index contributed by atoms with van der Waals surface area (Å²) < 4.78 is 0. The number of H-pyrrole nitrogens is 1. The molecule has 0 unspecified atom stereocenters. The van der Waals surface area contributed by atoms with Crippen LogP contribution >= 0.6 is 0 Å². The number of para-hydroxylation sites is 1. The van der Waals surface area contributed by atoms with E-state index in [4.69, 9.17) is 5.11 Å². The maximum absolute atomic E-state index is 12.2. The van der Waals surface area contributed by atoms with E-state index in [1.165, 1.54) is 0 Å². The Bertz CT molecular complexity index is 622. The number of carbonyl (C=O) groups excluding carboxylic acids is 1. The molecule has 0 bridgehead atoms. The van der Waals surface area contributed by atoms with Gasteiger partial charge in [0.2, 0.25) is 5.78 Å². The number of Topliss-reactive ketones (excluding diaryl/α,β-unsaturated/α-hetero) is 1. The number of ketones is 1. The highest BCUT2D eigenvalue weighted by Gasteiger charge is 2.23. The van der Waals surface area contributed by atoms with E-state index in [9.17, 15) is 4.79 Å². The Morgan fingerprint density at radius 2 is 2.06 bits per heavy atom. The molecule has 1 aromatic carbocycles. The molecule has 1 aliphatic carbocycles. The average molecular weight is 227 g/mol. The zero-order valence-corrected chi connectivity index (χ0v) is 9.36. The first kappa shape index (κ1) is 10.1. The van der Waals surface area contributed by atoms with E-state index in [1.54, 1.807) is 0 Å². The molecule has 0 atom stereocenters. The van der Waals surface area contributed by atoms with Gasteiger partial charge in [0, 0.05) is 16.5 Å². The van der Waals surface area contributed by atoms with Crippen LogP contribution in [0, 0.1) is 0 Å². The van der Waals surface area contributed by atoms with Gasteiger partial charge in [-0.25, -0.2) is 0 Å². The van der Waals surface area contributed by atoms with E-state index >= 15 is 0 Å². The molecular weight excluding hydrogens is 214 g/mol. The molecule has 0 spiro atoms. The second kappa shape index (κ2) is 3.77. The highest BCUT2D eigenvalue weighted by Crippen LogP contribution is 2.29. The molecule has 17 heavy (non-hydrogen) atoms. The third-order valence-corrected chi connectivity index (χ3v) is 3.36. The van der Waals surface area contributed by atoms with Crippen molar-refractivity contribution in [1.29, 1.82) is 0 Å². The van der Waals surface area contributed by atoms with Gasteiger partial charge in [-0.05, 0) is 30.9 Å². The number of benzene rings is 1. The van der Waals surface area contributed by atoms with Crippen LogP contribution in [0.3, 0.4) is 0 Å². The number of allylic oxidation sites excluding steroid dienone is 1. The summed E-state index contributed by atoms with van der Waals surface area (Å²) in [5.41, 5.74) is 3.21. The van der Waals surface area contributed by atoms with E-state index < -0.39 is 0 Å². The Morgan fingerprint density at radius 3 is 2.88 bits per heavy atom. The number of fused-ring (bicyclic) bond motifs is 3. The minimum absolute atomic E-state index is 0.0730. The number of aromatic nitrogens is 1. The first-order chi connectivity index (χ1) is 8.31. The lowest BCUT2D eigenvalue weighted by Crippen LogP contribution is -2.03. The second-order valence-corrected chi connectivity index (χ2v) is 4.36. The van der Waals surface area contributed by atoms with Crippen LogP contribution in [0.15, 0.2) is 36.1 Å². The number of aryl methyl sites for hydroxylation is 1. The topological polar surface area (TPSA) is 53.1 Å². The summed E-state index contributed by atoms with van der Waals surface area (Å²) in [5, 5.41) is 10.2. The van der Waals surface area contributed by atoms with Gasteiger partial charge in [-0.2, -0.15) is 0 Å². The maximum Gasteiger partial charge on any atom is 0.208 e. The van der Waals surface area contributed by atoms with Crippen molar-refractivity contribution in [2.75, 3.05) is 0 Å². The molecule has 1 aliphatic rings. The Morgan fingerprint density at radius 1 is 1.24 bits per heavy atom. The summed E-state index contributed by atoms with van der Waals surface area (Å²) in [4.78, 5) is 15.3. The lowest BCUT2D eigenvalue weighted by molar-refractivity contribution is 0.102. The lowest BCUT2D eigenvalue weighted by atomic mass is 10.1. The molecule has 0 fully saturated rings. The van der Waals surface area contributed by atoms with E-state index in [0.29, 0.717) is 17.7 Å². The molecule has 2 N–H and O–H groups in total. The fourth-order valence-corrected chi connectivity index (χ4v) is 2.51. The van der Waals surface area contributed by atoms with Gasteiger partial charge < -0.3 is 10.1 Å². The second-order valence-electron chi connectivity index (χ2n) is 4.36. The summed E-state index contributed by atoms with van der Waals surface area (Å²) in [6.07, 6.45) is 3.37. The van der Waals surface area contributed by atoms with E-state index in [2.05, 4.69) is 4.98 Å². The third-order valence-electron chi connectivity index (χ3n) is 3.36. The van der Waals surface area contributed by atoms with E-state index in [-0.39, 0.29) is 5.78 Å². The van der Waals surface area contributed by atoms with Crippen LogP contribution in [0.4, 0.5) is 0 Å². The SMILES string of the molecule is O=C1/C(=C/O)CCCc2c1[nH]c1ccccc21. The zero-order valence-electron chi connectivity index (χ0n) is 9.36. The Balaban J connectivity index is 2.27. The van der Waals surface area contributed by atoms with E-state index in [1.807, 2.05) is 24.3 Å². The summed E-state index contributed by atoms with van der Waals surface area (Å²) >= 11 is 0. The van der Waals surface area contributed by atoms with Gasteiger partial charge in [0.05, 0.1) is 12.0 Å². The van der Waals surface area contributed by atoms with Crippen molar-refractivity contribution in [3.8, 4) is 0 Å². The smallest absolute Gasteiger partial charge is 0.208 e. The molecule has 0 aliphatic heterocycles. The van der Waals surface area contributed by atoms with Crippen LogP contribution < -0.4 is 0 Å². The molecule has 86 valence electrons. The van der Waals surface area contributed by atoms with Gasteiger partial charge in [-0.3, -0.25) is 4.79 Å². The van der Waals surface area contributed by atoms with Crippen molar-refractivity contribution in [3.05, 3.63) is 47.4 Å². The van der Waals surface area contributed by atoms with Gasteiger partial charge in [-0.15, -0.1) is 0 Å².